The van der Waals surface area contributed by atoms with E-state index in [1.54, 1.807) is 7.11 Å². The maximum atomic E-state index is 12.6. The van der Waals surface area contributed by atoms with Crippen molar-refractivity contribution in [3.63, 3.8) is 0 Å². The molecule has 0 aliphatic carbocycles. The molecule has 0 unspecified atom stereocenters. The van der Waals surface area contributed by atoms with Crippen molar-refractivity contribution in [3.05, 3.63) is 60.2 Å². The number of methoxy groups -OCH3 is 2. The van der Waals surface area contributed by atoms with E-state index in [2.05, 4.69) is 6.92 Å². The summed E-state index contributed by atoms with van der Waals surface area (Å²) in [6.45, 7) is 2.67. The lowest BCUT2D eigenvalue weighted by Gasteiger charge is -2.20. The molecule has 0 fully saturated rings. The maximum absolute atomic E-state index is 12.6. The lowest BCUT2D eigenvalue weighted by Crippen LogP contribution is -2.13. The van der Waals surface area contributed by atoms with E-state index < -0.39 is 0 Å². The largest absolute Gasteiger partial charge is 0.490 e. The average Bonchev–Trinajstić information content (AvgIpc) is 2.75. The maximum Gasteiger partial charge on any atom is 0.315 e. The summed E-state index contributed by atoms with van der Waals surface area (Å²) >= 11 is 0. The minimum absolute atomic E-state index is 0.162. The molecule has 0 aromatic heterocycles. The van der Waals surface area contributed by atoms with Crippen LogP contribution < -0.4 is 18.9 Å². The Morgan fingerprint density at radius 2 is 1.38 bits per heavy atom. The second-order valence-corrected chi connectivity index (χ2v) is 6.61. The topological polar surface area (TPSA) is 54.0 Å². The first-order chi connectivity index (χ1) is 14.2. The van der Waals surface area contributed by atoms with Gasteiger partial charge in [0.1, 0.15) is 0 Å². The van der Waals surface area contributed by atoms with E-state index in [4.69, 9.17) is 18.9 Å². The van der Waals surface area contributed by atoms with Crippen molar-refractivity contribution in [1.29, 1.82) is 0 Å². The number of carbonyl (C=O) groups excluding carboxylic acids is 1. The number of hydrogen-bond acceptors (Lipinski definition) is 5. The second kappa shape index (κ2) is 9.82. The van der Waals surface area contributed by atoms with Gasteiger partial charge in [-0.2, -0.15) is 0 Å². The van der Waals surface area contributed by atoms with Crippen molar-refractivity contribution in [3.8, 4) is 23.0 Å². The van der Waals surface area contributed by atoms with Gasteiger partial charge in [-0.25, -0.2) is 0 Å². The third-order valence-electron chi connectivity index (χ3n) is 4.59. The quantitative estimate of drug-likeness (QED) is 0.284. The summed E-state index contributed by atoms with van der Waals surface area (Å²) in [4.78, 5) is 12.6. The lowest BCUT2D eigenvalue weighted by molar-refractivity contribution is -0.133. The fourth-order valence-electron chi connectivity index (χ4n) is 3.18. The first kappa shape index (κ1) is 20.5. The monoisotopic (exact) mass is 394 g/mol. The highest BCUT2D eigenvalue weighted by Gasteiger charge is 2.25. The highest BCUT2D eigenvalue weighted by Crippen LogP contribution is 2.51. The van der Waals surface area contributed by atoms with Gasteiger partial charge in [0.25, 0.3) is 0 Å². The van der Waals surface area contributed by atoms with Crippen LogP contribution in [0.5, 0.6) is 23.0 Å². The molecule has 29 heavy (non-hydrogen) atoms. The summed E-state index contributed by atoms with van der Waals surface area (Å²) in [7, 11) is 3.08. The average molecular weight is 394 g/mol. The molecule has 0 spiro atoms. The minimum Gasteiger partial charge on any atom is -0.490 e. The molecular formula is C24H26O5. The fourth-order valence-corrected chi connectivity index (χ4v) is 3.18. The van der Waals surface area contributed by atoms with Gasteiger partial charge in [0.05, 0.1) is 27.2 Å². The van der Waals surface area contributed by atoms with E-state index in [-0.39, 0.29) is 12.4 Å². The van der Waals surface area contributed by atoms with Crippen LogP contribution in [0, 0.1) is 0 Å². The summed E-state index contributed by atoms with van der Waals surface area (Å²) in [5.74, 6) is 1.32. The van der Waals surface area contributed by atoms with Crippen molar-refractivity contribution in [2.45, 2.75) is 26.2 Å². The van der Waals surface area contributed by atoms with Crippen LogP contribution in [-0.2, 0) is 11.2 Å². The number of fused-ring (bicyclic) bond motifs is 1. The van der Waals surface area contributed by atoms with E-state index in [0.717, 1.165) is 29.2 Å². The molecule has 5 heteroatoms. The van der Waals surface area contributed by atoms with Crippen LogP contribution in [0.25, 0.3) is 10.8 Å². The van der Waals surface area contributed by atoms with Crippen molar-refractivity contribution in [2.75, 3.05) is 20.8 Å². The zero-order valence-corrected chi connectivity index (χ0v) is 17.1. The number of hydrogen-bond donors (Lipinski definition) is 0. The number of esters is 1. The van der Waals surface area contributed by atoms with Crippen LogP contribution in [0.4, 0.5) is 0 Å². The third kappa shape index (κ3) is 4.62. The van der Waals surface area contributed by atoms with Crippen LogP contribution in [-0.4, -0.2) is 26.8 Å². The summed E-state index contributed by atoms with van der Waals surface area (Å²) in [5, 5.41) is 1.54. The summed E-state index contributed by atoms with van der Waals surface area (Å²) in [6.07, 6.45) is 2.11. The summed E-state index contributed by atoms with van der Waals surface area (Å²) < 4.78 is 23.0. The van der Waals surface area contributed by atoms with Crippen LogP contribution in [0.15, 0.2) is 54.6 Å². The van der Waals surface area contributed by atoms with Gasteiger partial charge >= 0.3 is 5.97 Å². The Kier molecular flexibility index (Phi) is 6.95. The molecule has 0 atom stereocenters. The Labute approximate surface area is 171 Å². The zero-order valence-electron chi connectivity index (χ0n) is 17.1. The molecule has 3 aromatic carbocycles. The predicted molar refractivity (Wildman–Crippen MR) is 113 cm³/mol. The van der Waals surface area contributed by atoms with E-state index in [0.29, 0.717) is 29.6 Å². The molecule has 0 aliphatic heterocycles. The van der Waals surface area contributed by atoms with Crippen LogP contribution in [0.1, 0.15) is 25.3 Å². The predicted octanol–water partition coefficient (Wildman–Crippen LogP) is 5.18. The van der Waals surface area contributed by atoms with Gasteiger partial charge in [-0.05, 0) is 12.0 Å². The van der Waals surface area contributed by atoms with E-state index >= 15 is 0 Å². The minimum atomic E-state index is -0.374. The number of benzene rings is 3. The van der Waals surface area contributed by atoms with Gasteiger partial charge in [0.2, 0.25) is 11.5 Å². The molecule has 0 bridgehead atoms. The Morgan fingerprint density at radius 1 is 0.793 bits per heavy atom. The molecule has 0 N–H and O–H groups in total. The van der Waals surface area contributed by atoms with Crippen molar-refractivity contribution >= 4 is 16.7 Å². The molecular weight excluding hydrogens is 368 g/mol. The van der Waals surface area contributed by atoms with Gasteiger partial charge in [-0.15, -0.1) is 0 Å². The first-order valence-electron chi connectivity index (χ1n) is 9.73. The molecule has 3 rings (SSSR count). The van der Waals surface area contributed by atoms with Gasteiger partial charge in [0.15, 0.2) is 11.5 Å². The standard InChI is InChI=1S/C24H26O5/c1-4-5-15-28-21-18-13-9-10-14-19(18)22(24(27-3)23(21)26-2)29-20(25)16-17-11-7-6-8-12-17/h6-14H,4-5,15-16H2,1-3H3. The zero-order chi connectivity index (χ0) is 20.6. The number of rotatable bonds is 9. The van der Waals surface area contributed by atoms with Crippen molar-refractivity contribution in [1.82, 2.24) is 0 Å². The number of carbonyl (C=O) groups is 1. The van der Waals surface area contributed by atoms with Crippen molar-refractivity contribution < 1.29 is 23.7 Å². The molecule has 0 aliphatic rings. The third-order valence-corrected chi connectivity index (χ3v) is 4.59. The van der Waals surface area contributed by atoms with E-state index in [9.17, 15) is 4.79 Å². The summed E-state index contributed by atoms with van der Waals surface area (Å²) in [6, 6.07) is 17.1. The molecule has 152 valence electrons. The Hall–Kier alpha value is -3.21. The van der Waals surface area contributed by atoms with Crippen LogP contribution in [0.2, 0.25) is 0 Å². The van der Waals surface area contributed by atoms with Gasteiger partial charge in [-0.1, -0.05) is 67.9 Å². The lowest BCUT2D eigenvalue weighted by atomic mass is 10.1. The Morgan fingerprint density at radius 3 is 2.00 bits per heavy atom. The smallest absolute Gasteiger partial charge is 0.315 e. The highest BCUT2D eigenvalue weighted by molar-refractivity contribution is 6.00. The summed E-state index contributed by atoms with van der Waals surface area (Å²) in [5.41, 5.74) is 0.882. The van der Waals surface area contributed by atoms with Crippen molar-refractivity contribution in [2.24, 2.45) is 0 Å². The normalized spacial score (nSPS) is 10.6. The SMILES string of the molecule is CCCCOc1c(OC)c(OC)c(OC(=O)Cc2ccccc2)c2ccccc12. The van der Waals surface area contributed by atoms with Crippen LogP contribution in [0.3, 0.4) is 0 Å². The first-order valence-corrected chi connectivity index (χ1v) is 9.73. The fraction of sp³-hybridized carbons (Fsp3) is 0.292. The second-order valence-electron chi connectivity index (χ2n) is 6.61. The Balaban J connectivity index is 2.04. The number of unbranched alkanes of at least 4 members (excludes halogenated alkanes) is 1. The highest BCUT2D eigenvalue weighted by atomic mass is 16.6. The molecule has 5 nitrogen and oxygen atoms in total. The molecule has 3 aromatic rings. The molecule has 0 heterocycles. The van der Waals surface area contributed by atoms with Gasteiger partial charge in [0, 0.05) is 10.8 Å². The van der Waals surface area contributed by atoms with E-state index in [1.165, 1.54) is 7.11 Å². The number of ether oxygens (including phenoxy) is 4. The Bertz CT molecular complexity index is 966. The van der Waals surface area contributed by atoms with Crippen LogP contribution >= 0.6 is 0 Å². The van der Waals surface area contributed by atoms with E-state index in [1.807, 2.05) is 54.6 Å². The molecule has 0 radical (unpaired) electrons. The molecule has 0 saturated carbocycles. The molecule has 0 amide bonds. The molecule has 0 saturated heterocycles. The van der Waals surface area contributed by atoms with Gasteiger partial charge in [-0.3, -0.25) is 4.79 Å². The van der Waals surface area contributed by atoms with Gasteiger partial charge < -0.3 is 18.9 Å².